The second-order valence-corrected chi connectivity index (χ2v) is 4.58. The molecule has 100 valence electrons. The van der Waals surface area contributed by atoms with Gasteiger partial charge in [-0.05, 0) is 12.1 Å². The molecule has 0 aliphatic carbocycles. The number of carbonyl (C=O) groups excluding carboxylic acids is 1. The molecule has 19 heavy (non-hydrogen) atoms. The molecule has 6 nitrogen and oxygen atoms in total. The highest BCUT2D eigenvalue weighted by Gasteiger charge is 2.51. The maximum Gasteiger partial charge on any atom is 0.317 e. The molecule has 1 aromatic rings. The van der Waals surface area contributed by atoms with Gasteiger partial charge in [0.25, 0.3) is 0 Å². The third-order valence-corrected chi connectivity index (χ3v) is 3.22. The van der Waals surface area contributed by atoms with Crippen LogP contribution in [-0.2, 0) is 14.3 Å². The van der Waals surface area contributed by atoms with Crippen LogP contribution in [0.25, 0.3) is 0 Å². The van der Waals surface area contributed by atoms with E-state index >= 15 is 0 Å². The third kappa shape index (κ3) is 2.37. The van der Waals surface area contributed by atoms with Gasteiger partial charge < -0.3 is 14.4 Å². The highest BCUT2D eigenvalue weighted by molar-refractivity contribution is 5.81. The molecule has 0 atom stereocenters. The summed E-state index contributed by atoms with van der Waals surface area (Å²) in [5.74, 6) is 0.414. The zero-order chi connectivity index (χ0) is 13.9. The summed E-state index contributed by atoms with van der Waals surface area (Å²) in [6.07, 6.45) is 1.59. The van der Waals surface area contributed by atoms with Crippen molar-refractivity contribution < 1.29 is 14.3 Å². The van der Waals surface area contributed by atoms with E-state index in [0.29, 0.717) is 31.1 Å². The SMILES string of the molecule is COCC1(C(=O)OC)CN(c2cc(C#N)ccn2)C1. The summed E-state index contributed by atoms with van der Waals surface area (Å²) >= 11 is 0. The molecule has 0 amide bonds. The summed E-state index contributed by atoms with van der Waals surface area (Å²) in [5.41, 5.74) is -0.0827. The molecule has 1 aliphatic heterocycles. The lowest BCUT2D eigenvalue weighted by Gasteiger charge is -2.47. The normalized spacial score (nSPS) is 16.4. The molecular weight excluding hydrogens is 246 g/mol. The van der Waals surface area contributed by atoms with Crippen LogP contribution in [0.3, 0.4) is 0 Å². The van der Waals surface area contributed by atoms with Gasteiger partial charge in [-0.3, -0.25) is 4.79 Å². The largest absolute Gasteiger partial charge is 0.468 e. The zero-order valence-corrected chi connectivity index (χ0v) is 10.9. The Morgan fingerprint density at radius 2 is 2.32 bits per heavy atom. The second kappa shape index (κ2) is 5.24. The van der Waals surface area contributed by atoms with E-state index in [9.17, 15) is 4.79 Å². The number of rotatable bonds is 4. The molecule has 6 heteroatoms. The van der Waals surface area contributed by atoms with Gasteiger partial charge >= 0.3 is 5.97 Å². The molecule has 1 aromatic heterocycles. The van der Waals surface area contributed by atoms with Crippen LogP contribution in [0, 0.1) is 16.7 Å². The van der Waals surface area contributed by atoms with Gasteiger partial charge in [-0.1, -0.05) is 0 Å². The first-order chi connectivity index (χ1) is 9.15. The number of aromatic nitrogens is 1. The summed E-state index contributed by atoms with van der Waals surface area (Å²) < 4.78 is 9.92. The predicted octanol–water partition coefficient (Wildman–Crippen LogP) is 0.579. The van der Waals surface area contributed by atoms with Crippen molar-refractivity contribution in [3.63, 3.8) is 0 Å². The van der Waals surface area contributed by atoms with E-state index in [0.717, 1.165) is 0 Å². The molecule has 0 radical (unpaired) electrons. The van der Waals surface area contributed by atoms with Crippen molar-refractivity contribution in [3.8, 4) is 6.07 Å². The number of carbonyl (C=O) groups is 1. The maximum atomic E-state index is 11.8. The summed E-state index contributed by atoms with van der Waals surface area (Å²) in [4.78, 5) is 17.9. The highest BCUT2D eigenvalue weighted by Crippen LogP contribution is 2.35. The number of hydrogen-bond acceptors (Lipinski definition) is 6. The first kappa shape index (κ1) is 13.3. The Balaban J connectivity index is 2.12. The molecular formula is C13H15N3O3. The standard InChI is InChI=1S/C13H15N3O3/c1-18-9-13(12(17)19-2)7-16(8-13)11-5-10(6-14)3-4-15-11/h3-5H,7-9H2,1-2H3. The fraction of sp³-hybridized carbons (Fsp3) is 0.462. The molecule has 0 N–H and O–H groups in total. The van der Waals surface area contributed by atoms with Crippen LogP contribution >= 0.6 is 0 Å². The van der Waals surface area contributed by atoms with Crippen molar-refractivity contribution in [2.24, 2.45) is 5.41 Å². The van der Waals surface area contributed by atoms with Crippen LogP contribution in [0.15, 0.2) is 18.3 Å². The van der Waals surface area contributed by atoms with Crippen LogP contribution < -0.4 is 4.90 Å². The van der Waals surface area contributed by atoms with Gasteiger partial charge in [-0.15, -0.1) is 0 Å². The number of nitriles is 1. The number of hydrogen-bond donors (Lipinski definition) is 0. The maximum absolute atomic E-state index is 11.8. The van der Waals surface area contributed by atoms with Crippen molar-refractivity contribution in [2.75, 3.05) is 38.8 Å². The van der Waals surface area contributed by atoms with Crippen molar-refractivity contribution in [1.82, 2.24) is 4.98 Å². The molecule has 2 rings (SSSR count). The Kier molecular flexibility index (Phi) is 3.67. The zero-order valence-electron chi connectivity index (χ0n) is 10.9. The molecule has 0 spiro atoms. The lowest BCUT2D eigenvalue weighted by Crippen LogP contribution is -2.63. The van der Waals surface area contributed by atoms with E-state index in [1.165, 1.54) is 7.11 Å². The molecule has 1 saturated heterocycles. The predicted molar refractivity (Wildman–Crippen MR) is 67.5 cm³/mol. The van der Waals surface area contributed by atoms with Crippen molar-refractivity contribution in [2.45, 2.75) is 0 Å². The van der Waals surface area contributed by atoms with Crippen LogP contribution in [0.1, 0.15) is 5.56 Å². The van der Waals surface area contributed by atoms with Gasteiger partial charge in [0.1, 0.15) is 11.2 Å². The fourth-order valence-corrected chi connectivity index (χ4v) is 2.28. The Morgan fingerprint density at radius 3 is 2.89 bits per heavy atom. The van der Waals surface area contributed by atoms with E-state index in [2.05, 4.69) is 11.1 Å². The minimum absolute atomic E-state index is 0.276. The fourth-order valence-electron chi connectivity index (χ4n) is 2.28. The quantitative estimate of drug-likeness (QED) is 0.738. The highest BCUT2D eigenvalue weighted by atomic mass is 16.5. The Labute approximate surface area is 111 Å². The Bertz CT molecular complexity index is 518. The van der Waals surface area contributed by atoms with Crippen LogP contribution in [-0.4, -0.2) is 44.9 Å². The topological polar surface area (TPSA) is 75.5 Å². The number of anilines is 1. The van der Waals surface area contributed by atoms with Crippen molar-refractivity contribution in [1.29, 1.82) is 5.26 Å². The number of ether oxygens (including phenoxy) is 2. The molecule has 1 aliphatic rings. The van der Waals surface area contributed by atoms with Crippen LogP contribution in [0.5, 0.6) is 0 Å². The average Bonchev–Trinajstić information content (AvgIpc) is 2.41. The average molecular weight is 261 g/mol. The minimum Gasteiger partial charge on any atom is -0.468 e. The number of pyridine rings is 1. The summed E-state index contributed by atoms with van der Waals surface area (Å²) in [5, 5.41) is 8.86. The molecule has 0 bridgehead atoms. The lowest BCUT2D eigenvalue weighted by atomic mass is 9.80. The minimum atomic E-state index is -0.631. The van der Waals surface area contributed by atoms with Crippen LogP contribution in [0.4, 0.5) is 5.82 Å². The number of esters is 1. The van der Waals surface area contributed by atoms with Gasteiger partial charge in [0.05, 0.1) is 25.3 Å². The lowest BCUT2D eigenvalue weighted by molar-refractivity contribution is -0.158. The van der Waals surface area contributed by atoms with Gasteiger partial charge in [0.15, 0.2) is 0 Å². The molecule has 0 unspecified atom stereocenters. The van der Waals surface area contributed by atoms with E-state index < -0.39 is 5.41 Å². The van der Waals surface area contributed by atoms with Gasteiger partial charge in [-0.2, -0.15) is 5.26 Å². The van der Waals surface area contributed by atoms with Crippen LogP contribution in [0.2, 0.25) is 0 Å². The Morgan fingerprint density at radius 1 is 1.58 bits per heavy atom. The van der Waals surface area contributed by atoms with E-state index in [-0.39, 0.29) is 5.97 Å². The second-order valence-electron chi connectivity index (χ2n) is 4.58. The summed E-state index contributed by atoms with van der Waals surface area (Å²) in [7, 11) is 2.93. The van der Waals surface area contributed by atoms with E-state index in [1.807, 2.05) is 4.90 Å². The van der Waals surface area contributed by atoms with E-state index in [1.54, 1.807) is 25.4 Å². The first-order valence-electron chi connectivity index (χ1n) is 5.83. The third-order valence-electron chi connectivity index (χ3n) is 3.22. The van der Waals surface area contributed by atoms with E-state index in [4.69, 9.17) is 14.7 Å². The Hall–Kier alpha value is -2.13. The summed E-state index contributed by atoms with van der Waals surface area (Å²) in [6, 6.07) is 5.41. The molecule has 0 saturated carbocycles. The summed E-state index contributed by atoms with van der Waals surface area (Å²) in [6.45, 7) is 1.28. The number of methoxy groups -OCH3 is 2. The molecule has 0 aromatic carbocycles. The number of nitrogens with zero attached hydrogens (tertiary/aromatic N) is 3. The monoisotopic (exact) mass is 261 g/mol. The smallest absolute Gasteiger partial charge is 0.317 e. The van der Waals surface area contributed by atoms with Crippen molar-refractivity contribution >= 4 is 11.8 Å². The molecule has 2 heterocycles. The van der Waals surface area contributed by atoms with Gasteiger partial charge in [0.2, 0.25) is 0 Å². The van der Waals surface area contributed by atoms with Gasteiger partial charge in [-0.25, -0.2) is 4.98 Å². The van der Waals surface area contributed by atoms with Crippen molar-refractivity contribution in [3.05, 3.63) is 23.9 Å². The van der Waals surface area contributed by atoms with Gasteiger partial charge in [0, 0.05) is 26.4 Å². The molecule has 1 fully saturated rings. The first-order valence-corrected chi connectivity index (χ1v) is 5.83.